The third kappa shape index (κ3) is 2.72. The van der Waals surface area contributed by atoms with Crippen molar-refractivity contribution in [3.05, 3.63) is 12.3 Å². The molecule has 2 aliphatic rings. The lowest BCUT2D eigenvalue weighted by Crippen LogP contribution is -2.48. The molecule has 1 aliphatic heterocycles. The Hall–Kier alpha value is -0.110. The summed E-state index contributed by atoms with van der Waals surface area (Å²) in [6.07, 6.45) is 7.38. The molecule has 1 nitrogen and oxygen atoms in total. The topological polar surface area (TPSA) is 12.0 Å². The van der Waals surface area contributed by atoms with Crippen LogP contribution in [-0.2, 0) is 0 Å². The average Bonchev–Trinajstić information content (AvgIpc) is 2.23. The predicted molar refractivity (Wildman–Crippen MR) is 60.8 cm³/mol. The van der Waals surface area contributed by atoms with E-state index in [9.17, 15) is 4.39 Å². The Morgan fingerprint density at radius 1 is 1.33 bits per heavy atom. The van der Waals surface area contributed by atoms with E-state index in [0.29, 0.717) is 12.0 Å². The Labute approximate surface area is 92.8 Å². The van der Waals surface area contributed by atoms with Crippen LogP contribution < -0.4 is 5.32 Å². The fraction of sp³-hybridized carbons (Fsp3) is 0.846. The van der Waals surface area contributed by atoms with Crippen LogP contribution in [0.4, 0.5) is 4.39 Å². The molecule has 1 N–H and O–H groups in total. The molecule has 86 valence electrons. The van der Waals surface area contributed by atoms with Gasteiger partial charge in [-0.15, -0.1) is 0 Å². The normalized spacial score (nSPS) is 40.6. The molecular formula is C13H22FN. The third-order valence-corrected chi connectivity index (χ3v) is 4.00. The molecule has 0 aromatic heterocycles. The highest BCUT2D eigenvalue weighted by Gasteiger charge is 2.33. The maximum absolute atomic E-state index is 13.5. The van der Waals surface area contributed by atoms with Crippen molar-refractivity contribution < 1.29 is 4.39 Å². The predicted octanol–water partition coefficient (Wildman–Crippen LogP) is 3.27. The van der Waals surface area contributed by atoms with Gasteiger partial charge in [0.15, 0.2) is 6.30 Å². The van der Waals surface area contributed by atoms with Gasteiger partial charge in [0.2, 0.25) is 0 Å². The molecule has 0 aromatic carbocycles. The summed E-state index contributed by atoms with van der Waals surface area (Å²) in [5, 5.41) is 3.12. The maximum atomic E-state index is 13.5. The van der Waals surface area contributed by atoms with Crippen molar-refractivity contribution in [2.75, 3.05) is 0 Å². The second-order valence-corrected chi connectivity index (χ2v) is 5.34. The van der Waals surface area contributed by atoms with Crippen molar-refractivity contribution in [2.24, 2.45) is 11.8 Å². The Bertz CT molecular complexity index is 199. The Kier molecular flexibility index (Phi) is 3.65. The monoisotopic (exact) mass is 211 g/mol. The average molecular weight is 211 g/mol. The van der Waals surface area contributed by atoms with Gasteiger partial charge in [-0.2, -0.15) is 0 Å². The van der Waals surface area contributed by atoms with E-state index in [1.807, 2.05) is 6.92 Å². The highest BCUT2D eigenvalue weighted by Crippen LogP contribution is 2.35. The first-order chi connectivity index (χ1) is 7.16. The Morgan fingerprint density at radius 2 is 2.00 bits per heavy atom. The van der Waals surface area contributed by atoms with E-state index in [1.54, 1.807) is 5.92 Å². The van der Waals surface area contributed by atoms with Gasteiger partial charge in [-0.05, 0) is 50.4 Å². The van der Waals surface area contributed by atoms with Crippen LogP contribution in [0.3, 0.4) is 0 Å². The summed E-state index contributed by atoms with van der Waals surface area (Å²) in [5.41, 5.74) is 0. The summed E-state index contributed by atoms with van der Waals surface area (Å²) in [5.74, 6) is 2.44. The van der Waals surface area contributed by atoms with Gasteiger partial charge in [0.05, 0.1) is 0 Å². The van der Waals surface area contributed by atoms with E-state index < -0.39 is 6.30 Å². The van der Waals surface area contributed by atoms with Crippen LogP contribution in [0.25, 0.3) is 0 Å². The van der Waals surface area contributed by atoms with Crippen LogP contribution in [0.1, 0.15) is 46.0 Å². The standard InChI is InChI=1S/C13H22FN/c1-9-3-6-11(7-4-9)12-8-5-10(2)13(14)15-12/h8,10-13,15H,3-7H2,1-2H3. The first-order valence-electron chi connectivity index (χ1n) is 6.21. The fourth-order valence-electron chi connectivity index (χ4n) is 2.72. The Morgan fingerprint density at radius 3 is 2.60 bits per heavy atom. The van der Waals surface area contributed by atoms with Crippen LogP contribution in [-0.4, -0.2) is 12.3 Å². The van der Waals surface area contributed by atoms with Gasteiger partial charge < -0.3 is 0 Å². The zero-order chi connectivity index (χ0) is 10.8. The summed E-state index contributed by atoms with van der Waals surface area (Å²) < 4.78 is 13.5. The van der Waals surface area contributed by atoms with Crippen molar-refractivity contribution in [1.29, 1.82) is 0 Å². The van der Waals surface area contributed by atoms with Crippen molar-refractivity contribution in [1.82, 2.24) is 5.32 Å². The molecule has 1 aliphatic carbocycles. The van der Waals surface area contributed by atoms with Crippen LogP contribution in [0.5, 0.6) is 0 Å². The van der Waals surface area contributed by atoms with Crippen molar-refractivity contribution in [3.8, 4) is 0 Å². The van der Waals surface area contributed by atoms with Gasteiger partial charge in [0.25, 0.3) is 0 Å². The molecule has 2 radical (unpaired) electrons. The summed E-state index contributed by atoms with van der Waals surface area (Å²) in [6, 6.07) is 0.323. The molecule has 2 heteroatoms. The van der Waals surface area contributed by atoms with Crippen LogP contribution >= 0.6 is 0 Å². The minimum atomic E-state index is -0.799. The van der Waals surface area contributed by atoms with E-state index in [-0.39, 0.29) is 5.92 Å². The van der Waals surface area contributed by atoms with E-state index in [4.69, 9.17) is 0 Å². The highest BCUT2D eigenvalue weighted by molar-refractivity contribution is 5.00. The van der Waals surface area contributed by atoms with E-state index >= 15 is 0 Å². The lowest BCUT2D eigenvalue weighted by atomic mass is 9.76. The summed E-state index contributed by atoms with van der Waals surface area (Å²) in [4.78, 5) is 0. The minimum absolute atomic E-state index is 0.151. The molecule has 0 aromatic rings. The molecule has 1 heterocycles. The number of nitrogens with one attached hydrogen (secondary N) is 1. The molecule has 3 atom stereocenters. The first kappa shape index (κ1) is 11.4. The summed E-state index contributed by atoms with van der Waals surface area (Å²) in [6.45, 7) is 4.22. The van der Waals surface area contributed by atoms with Gasteiger partial charge in [0, 0.05) is 12.0 Å². The van der Waals surface area contributed by atoms with Crippen molar-refractivity contribution in [3.63, 3.8) is 0 Å². The smallest absolute Gasteiger partial charge is 0.153 e. The first-order valence-corrected chi connectivity index (χ1v) is 6.21. The van der Waals surface area contributed by atoms with Gasteiger partial charge in [-0.1, -0.05) is 13.8 Å². The lowest BCUT2D eigenvalue weighted by Gasteiger charge is -2.38. The highest BCUT2D eigenvalue weighted by atomic mass is 19.1. The van der Waals surface area contributed by atoms with Gasteiger partial charge in [0.1, 0.15) is 0 Å². The fourth-order valence-corrected chi connectivity index (χ4v) is 2.72. The molecule has 3 unspecified atom stereocenters. The number of hydrogen-bond acceptors (Lipinski definition) is 1. The summed E-state index contributed by atoms with van der Waals surface area (Å²) >= 11 is 0. The van der Waals surface area contributed by atoms with Crippen LogP contribution in [0.2, 0.25) is 0 Å². The molecule has 1 saturated carbocycles. The minimum Gasteiger partial charge on any atom is -0.284 e. The third-order valence-electron chi connectivity index (χ3n) is 4.00. The van der Waals surface area contributed by atoms with E-state index in [2.05, 4.69) is 18.7 Å². The van der Waals surface area contributed by atoms with Crippen LogP contribution in [0.15, 0.2) is 0 Å². The molecule has 0 amide bonds. The van der Waals surface area contributed by atoms with Crippen LogP contribution in [0, 0.1) is 24.2 Å². The zero-order valence-electron chi connectivity index (χ0n) is 9.80. The van der Waals surface area contributed by atoms with Crippen molar-refractivity contribution >= 4 is 0 Å². The van der Waals surface area contributed by atoms with E-state index in [1.165, 1.54) is 25.7 Å². The van der Waals surface area contributed by atoms with Crippen molar-refractivity contribution in [2.45, 2.75) is 58.3 Å². The molecule has 2 rings (SSSR count). The molecule has 0 spiro atoms. The van der Waals surface area contributed by atoms with Gasteiger partial charge in [-0.3, -0.25) is 5.32 Å². The quantitative estimate of drug-likeness (QED) is 0.656. The number of hydrogen-bond donors (Lipinski definition) is 1. The molecule has 0 bridgehead atoms. The molecule has 2 fully saturated rings. The summed E-state index contributed by atoms with van der Waals surface area (Å²) in [7, 11) is 0. The maximum Gasteiger partial charge on any atom is 0.153 e. The molecule has 1 saturated heterocycles. The lowest BCUT2D eigenvalue weighted by molar-refractivity contribution is 0.122. The zero-order valence-corrected chi connectivity index (χ0v) is 9.80. The van der Waals surface area contributed by atoms with Gasteiger partial charge in [-0.25, -0.2) is 4.39 Å². The number of alkyl halides is 1. The van der Waals surface area contributed by atoms with E-state index in [0.717, 1.165) is 6.42 Å². The number of rotatable bonds is 1. The largest absolute Gasteiger partial charge is 0.284 e. The second kappa shape index (κ2) is 4.82. The number of halogens is 1. The Balaban J connectivity index is 1.84. The molecular weight excluding hydrogens is 189 g/mol. The molecule has 15 heavy (non-hydrogen) atoms. The van der Waals surface area contributed by atoms with Gasteiger partial charge >= 0.3 is 0 Å². The number of piperidine rings is 1. The SMILES string of the molecule is C[C]1CCC(C2[CH]CC(C)C(F)N2)CC1. The second-order valence-electron chi connectivity index (χ2n) is 5.34.